The lowest BCUT2D eigenvalue weighted by Gasteiger charge is -2.10. The van der Waals surface area contributed by atoms with Crippen LogP contribution in [-0.4, -0.2) is 19.7 Å². The molecule has 3 heterocycles. The van der Waals surface area contributed by atoms with Crippen molar-refractivity contribution >= 4 is 22.4 Å². The third-order valence-corrected chi connectivity index (χ3v) is 4.82. The number of hydrogen-bond donors (Lipinski definition) is 0. The summed E-state index contributed by atoms with van der Waals surface area (Å²) < 4.78 is 7.08. The van der Waals surface area contributed by atoms with Gasteiger partial charge in [-0.05, 0) is 36.4 Å². The average Bonchev–Trinajstić information content (AvgIpc) is 3.25. The van der Waals surface area contributed by atoms with Crippen molar-refractivity contribution in [2.45, 2.75) is 0 Å². The number of fused-ring (bicyclic) bond motifs is 1. The number of benzene rings is 2. The molecule has 0 radical (unpaired) electrons. The van der Waals surface area contributed by atoms with Gasteiger partial charge in [0.05, 0.1) is 11.3 Å². The summed E-state index contributed by atoms with van der Waals surface area (Å²) in [6.07, 6.45) is 5.05. The van der Waals surface area contributed by atoms with Crippen molar-refractivity contribution in [3.8, 4) is 28.5 Å². The number of halogens is 1. The van der Waals surface area contributed by atoms with Gasteiger partial charge in [-0.15, -0.1) is 0 Å². The number of nitrogens with zero attached hydrogens (tertiary/aromatic N) is 4. The molecule has 5 aromatic rings. The average molecular weight is 401 g/mol. The molecule has 5 rings (SSSR count). The second-order valence-electron chi connectivity index (χ2n) is 6.41. The van der Waals surface area contributed by atoms with Crippen molar-refractivity contribution in [1.29, 1.82) is 0 Å². The highest BCUT2D eigenvalue weighted by molar-refractivity contribution is 6.30. The lowest BCUT2D eigenvalue weighted by atomic mass is 10.1. The van der Waals surface area contributed by atoms with Gasteiger partial charge < -0.3 is 4.52 Å². The van der Waals surface area contributed by atoms with Crippen LogP contribution in [0.5, 0.6) is 0 Å². The van der Waals surface area contributed by atoms with Crippen molar-refractivity contribution in [1.82, 2.24) is 19.7 Å². The van der Waals surface area contributed by atoms with Crippen molar-refractivity contribution in [3.63, 3.8) is 0 Å². The van der Waals surface area contributed by atoms with Crippen LogP contribution in [0.15, 0.2) is 88.6 Å². The molecule has 0 saturated heterocycles. The summed E-state index contributed by atoms with van der Waals surface area (Å²) in [6.45, 7) is 0. The Morgan fingerprint density at radius 1 is 0.966 bits per heavy atom. The van der Waals surface area contributed by atoms with E-state index in [0.29, 0.717) is 33.4 Å². The predicted molar refractivity (Wildman–Crippen MR) is 111 cm³/mol. The highest BCUT2D eigenvalue weighted by Gasteiger charge is 2.17. The molecule has 0 unspecified atom stereocenters. The molecule has 0 aliphatic carbocycles. The molecular weight excluding hydrogens is 388 g/mol. The minimum absolute atomic E-state index is 0.154. The maximum atomic E-state index is 13.1. The van der Waals surface area contributed by atoms with Crippen LogP contribution in [0.2, 0.25) is 5.02 Å². The molecule has 7 heteroatoms. The number of pyridine rings is 2. The molecule has 0 fully saturated rings. The summed E-state index contributed by atoms with van der Waals surface area (Å²) in [6, 6.07) is 18.1. The Hall–Kier alpha value is -3.77. The summed E-state index contributed by atoms with van der Waals surface area (Å²) in [5, 5.41) is 5.90. The summed E-state index contributed by atoms with van der Waals surface area (Å²) >= 11 is 6.13. The maximum Gasteiger partial charge on any atom is 0.262 e. The van der Waals surface area contributed by atoms with Gasteiger partial charge >= 0.3 is 0 Å². The number of aromatic nitrogens is 4. The first kappa shape index (κ1) is 17.3. The fraction of sp³-hybridized carbons (Fsp3) is 0. The van der Waals surface area contributed by atoms with Crippen LogP contribution in [0.3, 0.4) is 0 Å². The van der Waals surface area contributed by atoms with E-state index in [4.69, 9.17) is 16.1 Å². The third kappa shape index (κ3) is 3.09. The highest BCUT2D eigenvalue weighted by Crippen LogP contribution is 2.28. The minimum Gasteiger partial charge on any atom is -0.334 e. The standard InChI is InChI=1S/C22H13ClN4O2/c23-15-6-3-7-16(11-15)27-13-19(17-8-1-2-9-18(17)22(27)28)21-25-20(26-29-21)14-5-4-10-24-12-14/h1-13H. The molecule has 29 heavy (non-hydrogen) atoms. The monoisotopic (exact) mass is 400 g/mol. The van der Waals surface area contributed by atoms with Crippen molar-refractivity contribution < 1.29 is 4.52 Å². The second kappa shape index (κ2) is 7.00. The summed E-state index contributed by atoms with van der Waals surface area (Å²) in [5.74, 6) is 0.744. The van der Waals surface area contributed by atoms with Gasteiger partial charge in [0.25, 0.3) is 11.4 Å². The SMILES string of the molecule is O=c1c2ccccc2c(-c2nc(-c3cccnc3)no2)cn1-c1cccc(Cl)c1. The second-order valence-corrected chi connectivity index (χ2v) is 6.84. The Bertz CT molecular complexity index is 1390. The van der Waals surface area contributed by atoms with E-state index in [2.05, 4.69) is 15.1 Å². The largest absolute Gasteiger partial charge is 0.334 e. The van der Waals surface area contributed by atoms with Gasteiger partial charge in [0.2, 0.25) is 5.82 Å². The molecular formula is C22H13ClN4O2. The van der Waals surface area contributed by atoms with Crippen LogP contribution >= 0.6 is 11.6 Å². The third-order valence-electron chi connectivity index (χ3n) is 4.59. The van der Waals surface area contributed by atoms with E-state index in [1.807, 2.05) is 30.3 Å². The molecule has 0 bridgehead atoms. The molecule has 0 spiro atoms. The zero-order valence-corrected chi connectivity index (χ0v) is 15.7. The first-order valence-electron chi connectivity index (χ1n) is 8.85. The maximum absolute atomic E-state index is 13.1. The molecule has 6 nitrogen and oxygen atoms in total. The first-order chi connectivity index (χ1) is 14.2. The lowest BCUT2D eigenvalue weighted by molar-refractivity contribution is 0.432. The molecule has 3 aromatic heterocycles. The van der Waals surface area contributed by atoms with Gasteiger partial charge in [0.15, 0.2) is 0 Å². The molecule has 0 N–H and O–H groups in total. The Kier molecular flexibility index (Phi) is 4.18. The normalized spacial score (nSPS) is 11.1. The van der Waals surface area contributed by atoms with Gasteiger partial charge in [-0.1, -0.05) is 41.0 Å². The smallest absolute Gasteiger partial charge is 0.262 e. The topological polar surface area (TPSA) is 73.8 Å². The predicted octanol–water partition coefficient (Wildman–Crippen LogP) is 4.76. The Morgan fingerprint density at radius 3 is 2.62 bits per heavy atom. The van der Waals surface area contributed by atoms with Gasteiger partial charge in [-0.25, -0.2) is 0 Å². The van der Waals surface area contributed by atoms with Crippen molar-refractivity contribution in [2.75, 3.05) is 0 Å². The van der Waals surface area contributed by atoms with Crippen LogP contribution in [0, 0.1) is 0 Å². The van der Waals surface area contributed by atoms with E-state index < -0.39 is 0 Å². The van der Waals surface area contributed by atoms with Crippen LogP contribution in [0.4, 0.5) is 0 Å². The summed E-state index contributed by atoms with van der Waals surface area (Å²) in [5.41, 5.74) is 1.90. The molecule has 0 amide bonds. The highest BCUT2D eigenvalue weighted by atomic mass is 35.5. The summed E-state index contributed by atoms with van der Waals surface area (Å²) in [7, 11) is 0. The van der Waals surface area contributed by atoms with Gasteiger partial charge in [-0.2, -0.15) is 4.98 Å². The molecule has 0 aliphatic rings. The van der Waals surface area contributed by atoms with Crippen molar-refractivity contribution in [2.24, 2.45) is 0 Å². The van der Waals surface area contributed by atoms with Gasteiger partial charge in [-0.3, -0.25) is 14.3 Å². The van der Waals surface area contributed by atoms with Crippen LogP contribution in [0.1, 0.15) is 0 Å². The fourth-order valence-electron chi connectivity index (χ4n) is 3.22. The van der Waals surface area contributed by atoms with Crippen LogP contribution in [-0.2, 0) is 0 Å². The Morgan fingerprint density at radius 2 is 1.83 bits per heavy atom. The van der Waals surface area contributed by atoms with E-state index in [-0.39, 0.29) is 5.56 Å². The Balaban J connectivity index is 1.75. The van der Waals surface area contributed by atoms with E-state index >= 15 is 0 Å². The van der Waals surface area contributed by atoms with Gasteiger partial charge in [0, 0.05) is 39.9 Å². The quantitative estimate of drug-likeness (QED) is 0.436. The lowest BCUT2D eigenvalue weighted by Crippen LogP contribution is -2.18. The van der Waals surface area contributed by atoms with E-state index in [9.17, 15) is 4.79 Å². The molecule has 0 atom stereocenters. The van der Waals surface area contributed by atoms with E-state index in [1.54, 1.807) is 48.9 Å². The summed E-state index contributed by atoms with van der Waals surface area (Å²) in [4.78, 5) is 21.7. The molecule has 2 aromatic carbocycles. The van der Waals surface area contributed by atoms with Crippen LogP contribution < -0.4 is 5.56 Å². The minimum atomic E-state index is -0.154. The molecule has 0 saturated carbocycles. The van der Waals surface area contributed by atoms with Gasteiger partial charge in [0.1, 0.15) is 0 Å². The zero-order chi connectivity index (χ0) is 19.8. The number of hydrogen-bond acceptors (Lipinski definition) is 5. The van der Waals surface area contributed by atoms with E-state index in [1.165, 1.54) is 4.57 Å². The molecule has 0 aliphatic heterocycles. The molecule has 140 valence electrons. The number of rotatable bonds is 3. The fourth-order valence-corrected chi connectivity index (χ4v) is 3.41. The van der Waals surface area contributed by atoms with E-state index in [0.717, 1.165) is 10.9 Å². The Labute approximate surface area is 170 Å². The van der Waals surface area contributed by atoms with Crippen molar-refractivity contribution in [3.05, 3.63) is 94.6 Å². The zero-order valence-electron chi connectivity index (χ0n) is 15.0. The first-order valence-corrected chi connectivity index (χ1v) is 9.23. The van der Waals surface area contributed by atoms with Crippen LogP contribution in [0.25, 0.3) is 39.3 Å².